The van der Waals surface area contributed by atoms with Gasteiger partial charge in [0.05, 0.1) is 24.7 Å². The summed E-state index contributed by atoms with van der Waals surface area (Å²) in [4.78, 5) is 0. The van der Waals surface area contributed by atoms with Gasteiger partial charge in [-0.25, -0.2) is 0 Å². The molecule has 0 saturated heterocycles. The summed E-state index contributed by atoms with van der Waals surface area (Å²) in [7, 11) is 0. The summed E-state index contributed by atoms with van der Waals surface area (Å²) in [6.45, 7) is 0. The summed E-state index contributed by atoms with van der Waals surface area (Å²) in [5, 5.41) is 39.3. The molecule has 0 fully saturated rings. The van der Waals surface area contributed by atoms with E-state index < -0.39 is 24.4 Å². The highest BCUT2D eigenvalue weighted by Gasteiger charge is 2.25. The van der Waals surface area contributed by atoms with E-state index in [-0.39, 0.29) is 12.8 Å². The fourth-order valence-electron chi connectivity index (χ4n) is 1.97. The van der Waals surface area contributed by atoms with Gasteiger partial charge in [-0.05, 0) is 24.3 Å². The molecule has 0 amide bonds. The van der Waals surface area contributed by atoms with Crippen LogP contribution in [0.5, 0.6) is 0 Å². The van der Waals surface area contributed by atoms with Gasteiger partial charge in [-0.3, -0.25) is 0 Å². The van der Waals surface area contributed by atoms with Crippen LogP contribution >= 0.6 is 0 Å². The molecule has 2 rings (SSSR count). The number of aliphatic hydroxyl groups excluding tert-OH is 4. The van der Waals surface area contributed by atoms with Crippen LogP contribution in [0, 0.1) is 0 Å². The molecule has 0 spiro atoms. The third kappa shape index (κ3) is 3.71. The second kappa shape index (κ2) is 6.71. The van der Waals surface area contributed by atoms with E-state index in [0.717, 1.165) is 0 Å². The number of aliphatic hydroxyl groups is 4. The first-order valence-corrected chi connectivity index (χ1v) is 6.37. The van der Waals surface area contributed by atoms with Gasteiger partial charge in [-0.15, -0.1) is 0 Å². The van der Waals surface area contributed by atoms with Crippen LogP contribution < -0.4 is 0 Å². The number of rotatable bonds is 7. The third-order valence-electron chi connectivity index (χ3n) is 3.12. The molecule has 0 radical (unpaired) electrons. The van der Waals surface area contributed by atoms with Crippen molar-refractivity contribution in [3.63, 3.8) is 0 Å². The molecule has 20 heavy (non-hydrogen) atoms. The lowest BCUT2D eigenvalue weighted by molar-refractivity contribution is -0.0403. The third-order valence-corrected chi connectivity index (χ3v) is 3.12. The van der Waals surface area contributed by atoms with Crippen LogP contribution in [-0.4, -0.2) is 32.6 Å². The molecular formula is C14H18O6. The molecule has 0 unspecified atom stereocenters. The monoisotopic (exact) mass is 282 g/mol. The molecule has 0 saturated carbocycles. The van der Waals surface area contributed by atoms with E-state index >= 15 is 0 Å². The molecule has 2 aromatic rings. The standard InChI is InChI=1S/C14H18O6/c15-9(7-11(17)13-3-1-5-19-13)10(16)8-12(18)14-4-2-6-20-14/h1-6,9-12,15-18H,7-8H2/t9-,10-,11+,12+/m0/s1. The summed E-state index contributed by atoms with van der Waals surface area (Å²) in [5.74, 6) is 0.644. The minimum absolute atomic E-state index is 0.0838. The second-order valence-electron chi connectivity index (χ2n) is 4.67. The minimum atomic E-state index is -1.18. The lowest BCUT2D eigenvalue weighted by Crippen LogP contribution is -2.29. The quantitative estimate of drug-likeness (QED) is 0.606. The van der Waals surface area contributed by atoms with Crippen molar-refractivity contribution in [2.75, 3.05) is 0 Å². The zero-order valence-electron chi connectivity index (χ0n) is 10.8. The average molecular weight is 282 g/mol. The molecule has 6 nitrogen and oxygen atoms in total. The van der Waals surface area contributed by atoms with Crippen LogP contribution in [-0.2, 0) is 0 Å². The van der Waals surface area contributed by atoms with Crippen molar-refractivity contribution in [3.05, 3.63) is 48.3 Å². The zero-order valence-corrected chi connectivity index (χ0v) is 10.8. The first kappa shape index (κ1) is 14.8. The van der Waals surface area contributed by atoms with E-state index in [4.69, 9.17) is 8.83 Å². The number of furan rings is 2. The van der Waals surface area contributed by atoms with Gasteiger partial charge >= 0.3 is 0 Å². The lowest BCUT2D eigenvalue weighted by Gasteiger charge is -2.21. The highest BCUT2D eigenvalue weighted by molar-refractivity contribution is 5.04. The van der Waals surface area contributed by atoms with Crippen LogP contribution in [0.15, 0.2) is 45.6 Å². The molecule has 0 bridgehead atoms. The Bertz CT molecular complexity index is 432. The lowest BCUT2D eigenvalue weighted by atomic mass is 9.99. The Morgan fingerprint density at radius 1 is 0.750 bits per heavy atom. The molecule has 0 aromatic carbocycles. The number of hydrogen-bond donors (Lipinski definition) is 4. The van der Waals surface area contributed by atoms with Crippen molar-refractivity contribution in [2.24, 2.45) is 0 Å². The summed E-state index contributed by atoms with van der Waals surface area (Å²) >= 11 is 0. The van der Waals surface area contributed by atoms with Crippen LogP contribution in [0.1, 0.15) is 36.6 Å². The topological polar surface area (TPSA) is 107 Å². The van der Waals surface area contributed by atoms with Crippen LogP contribution in [0.25, 0.3) is 0 Å². The van der Waals surface area contributed by atoms with Crippen LogP contribution in [0.4, 0.5) is 0 Å². The van der Waals surface area contributed by atoms with Crippen molar-refractivity contribution in [3.8, 4) is 0 Å². The molecule has 4 N–H and O–H groups in total. The van der Waals surface area contributed by atoms with E-state index in [0.29, 0.717) is 11.5 Å². The predicted octanol–water partition coefficient (Wildman–Crippen LogP) is 1.14. The largest absolute Gasteiger partial charge is 0.467 e. The minimum Gasteiger partial charge on any atom is -0.467 e. The van der Waals surface area contributed by atoms with Gasteiger partial charge in [0.15, 0.2) is 0 Å². The zero-order chi connectivity index (χ0) is 14.5. The molecular weight excluding hydrogens is 264 g/mol. The maximum absolute atomic E-state index is 9.84. The summed E-state index contributed by atoms with van der Waals surface area (Å²) in [6, 6.07) is 6.42. The maximum atomic E-state index is 9.84. The van der Waals surface area contributed by atoms with Gasteiger partial charge in [-0.2, -0.15) is 0 Å². The highest BCUT2D eigenvalue weighted by atomic mass is 16.4. The summed E-state index contributed by atoms with van der Waals surface area (Å²) in [6.07, 6.45) is -1.70. The molecule has 4 atom stereocenters. The Balaban J connectivity index is 1.84. The first-order valence-electron chi connectivity index (χ1n) is 6.37. The molecule has 110 valence electrons. The Labute approximate surface area is 115 Å². The Morgan fingerprint density at radius 2 is 1.15 bits per heavy atom. The van der Waals surface area contributed by atoms with Gasteiger partial charge < -0.3 is 29.3 Å². The van der Waals surface area contributed by atoms with E-state index in [2.05, 4.69) is 0 Å². The first-order chi connectivity index (χ1) is 9.58. The van der Waals surface area contributed by atoms with Gasteiger partial charge in [0.2, 0.25) is 0 Å². The molecule has 0 aliphatic heterocycles. The van der Waals surface area contributed by atoms with Crippen molar-refractivity contribution in [1.29, 1.82) is 0 Å². The van der Waals surface area contributed by atoms with Crippen molar-refractivity contribution in [1.82, 2.24) is 0 Å². The van der Waals surface area contributed by atoms with E-state index in [1.54, 1.807) is 24.3 Å². The van der Waals surface area contributed by atoms with Gasteiger partial charge in [0, 0.05) is 12.8 Å². The van der Waals surface area contributed by atoms with Gasteiger partial charge in [-0.1, -0.05) is 0 Å². The fraction of sp³-hybridized carbons (Fsp3) is 0.429. The van der Waals surface area contributed by atoms with Crippen molar-refractivity contribution in [2.45, 2.75) is 37.3 Å². The summed E-state index contributed by atoms with van der Waals surface area (Å²) < 4.78 is 10.0. The normalized spacial score (nSPS) is 17.6. The van der Waals surface area contributed by atoms with Crippen molar-refractivity contribution < 1.29 is 29.3 Å². The van der Waals surface area contributed by atoms with E-state index in [1.807, 2.05) is 0 Å². The van der Waals surface area contributed by atoms with Crippen LogP contribution in [0.3, 0.4) is 0 Å². The van der Waals surface area contributed by atoms with Crippen molar-refractivity contribution >= 4 is 0 Å². The van der Waals surface area contributed by atoms with E-state index in [1.165, 1.54) is 12.5 Å². The molecule has 2 aromatic heterocycles. The Kier molecular flexibility index (Phi) is 4.97. The highest BCUT2D eigenvalue weighted by Crippen LogP contribution is 2.24. The maximum Gasteiger partial charge on any atom is 0.132 e. The van der Waals surface area contributed by atoms with Gasteiger partial charge in [0.1, 0.15) is 23.7 Å². The Morgan fingerprint density at radius 3 is 1.45 bits per heavy atom. The average Bonchev–Trinajstić information content (AvgIpc) is 3.11. The summed E-state index contributed by atoms with van der Waals surface area (Å²) in [5.41, 5.74) is 0. The Hall–Kier alpha value is -1.60. The fourth-order valence-corrected chi connectivity index (χ4v) is 1.97. The molecule has 0 aliphatic rings. The van der Waals surface area contributed by atoms with E-state index in [9.17, 15) is 20.4 Å². The predicted molar refractivity (Wildman–Crippen MR) is 68.6 cm³/mol. The number of hydrogen-bond acceptors (Lipinski definition) is 6. The molecule has 2 heterocycles. The van der Waals surface area contributed by atoms with Crippen LogP contribution in [0.2, 0.25) is 0 Å². The molecule has 6 heteroatoms. The smallest absolute Gasteiger partial charge is 0.132 e. The SMILES string of the molecule is O[C@H](C[C@H](O)[C@@H](O)C[C@@H](O)c1ccco1)c1ccco1. The van der Waals surface area contributed by atoms with Gasteiger partial charge in [0.25, 0.3) is 0 Å². The molecule has 0 aliphatic carbocycles. The second-order valence-corrected chi connectivity index (χ2v) is 4.67.